The number of aromatic nitrogens is 3. The Labute approximate surface area is 69.3 Å². The van der Waals surface area contributed by atoms with Crippen LogP contribution in [0, 0.1) is 6.92 Å². The summed E-state index contributed by atoms with van der Waals surface area (Å²) in [6.45, 7) is 1.78. The van der Waals surface area contributed by atoms with Gasteiger partial charge in [0.2, 0.25) is 0 Å². The fourth-order valence-corrected chi connectivity index (χ4v) is 0.891. The lowest BCUT2D eigenvalue weighted by Gasteiger charge is -1.90. The molecular weight excluding hydrogens is 154 g/mol. The summed E-state index contributed by atoms with van der Waals surface area (Å²) in [5.41, 5.74) is 0. The van der Waals surface area contributed by atoms with Gasteiger partial charge in [-0.25, -0.2) is 15.0 Å². The fourth-order valence-electron chi connectivity index (χ4n) is 0.891. The lowest BCUT2D eigenvalue weighted by atomic mass is 10.5. The Bertz CT molecular complexity index is 369. The van der Waals surface area contributed by atoms with Crippen molar-refractivity contribution in [2.45, 2.75) is 6.92 Å². The molecule has 0 bridgehead atoms. The van der Waals surface area contributed by atoms with Gasteiger partial charge in [-0.2, -0.15) is 0 Å². The van der Waals surface area contributed by atoms with Gasteiger partial charge in [-0.1, -0.05) is 0 Å². The van der Waals surface area contributed by atoms with Gasteiger partial charge in [-0.3, -0.25) is 0 Å². The predicted molar refractivity (Wildman–Crippen MR) is 42.3 cm³/mol. The second-order valence-electron chi connectivity index (χ2n) is 2.32. The van der Waals surface area contributed by atoms with Gasteiger partial charge in [-0.15, -0.1) is 0 Å². The quantitative estimate of drug-likeness (QED) is 0.635. The first-order valence-corrected chi connectivity index (χ1v) is 3.56. The zero-order chi connectivity index (χ0) is 8.39. The number of oxazole rings is 1. The molecule has 0 aromatic carbocycles. The van der Waals surface area contributed by atoms with Gasteiger partial charge in [-0.05, 0) is 6.07 Å². The van der Waals surface area contributed by atoms with E-state index in [1.54, 1.807) is 31.6 Å². The second-order valence-corrected chi connectivity index (χ2v) is 2.32. The average molecular weight is 161 g/mol. The maximum atomic E-state index is 5.23. The van der Waals surface area contributed by atoms with Crippen LogP contribution in [-0.2, 0) is 0 Å². The van der Waals surface area contributed by atoms with E-state index in [0.29, 0.717) is 17.5 Å². The summed E-state index contributed by atoms with van der Waals surface area (Å²) in [7, 11) is 0. The van der Waals surface area contributed by atoms with E-state index < -0.39 is 0 Å². The Hall–Kier alpha value is -1.71. The molecule has 0 fully saturated rings. The van der Waals surface area contributed by atoms with Crippen LogP contribution in [0.1, 0.15) is 5.89 Å². The number of aryl methyl sites for hydroxylation is 1. The first kappa shape index (κ1) is 6.97. The standard InChI is InChI=1S/C8H7N3O/c1-6-11-5-7(12-6)8-9-3-2-4-10-8/h2-5H,1H3. The summed E-state index contributed by atoms with van der Waals surface area (Å²) in [4.78, 5) is 12.0. The summed E-state index contributed by atoms with van der Waals surface area (Å²) in [5, 5.41) is 0. The molecule has 0 spiro atoms. The van der Waals surface area contributed by atoms with E-state index in [1.807, 2.05) is 0 Å². The molecule has 0 saturated heterocycles. The maximum absolute atomic E-state index is 5.23. The van der Waals surface area contributed by atoms with Crippen LogP contribution in [0.2, 0.25) is 0 Å². The van der Waals surface area contributed by atoms with E-state index in [4.69, 9.17) is 4.42 Å². The highest BCUT2D eigenvalue weighted by molar-refractivity contribution is 5.43. The molecule has 2 aromatic heterocycles. The van der Waals surface area contributed by atoms with Crippen molar-refractivity contribution < 1.29 is 4.42 Å². The molecule has 60 valence electrons. The minimum Gasteiger partial charge on any atom is -0.438 e. The van der Waals surface area contributed by atoms with Crippen LogP contribution >= 0.6 is 0 Å². The van der Waals surface area contributed by atoms with Crippen LogP contribution < -0.4 is 0 Å². The molecule has 0 amide bonds. The number of rotatable bonds is 1. The number of hydrogen-bond acceptors (Lipinski definition) is 4. The first-order chi connectivity index (χ1) is 5.86. The summed E-state index contributed by atoms with van der Waals surface area (Å²) in [6.07, 6.45) is 4.95. The van der Waals surface area contributed by atoms with Crippen molar-refractivity contribution in [3.63, 3.8) is 0 Å². The smallest absolute Gasteiger partial charge is 0.197 e. The van der Waals surface area contributed by atoms with E-state index in [-0.39, 0.29) is 0 Å². The van der Waals surface area contributed by atoms with E-state index >= 15 is 0 Å². The molecule has 0 N–H and O–H groups in total. The number of nitrogens with zero attached hydrogens (tertiary/aromatic N) is 3. The fraction of sp³-hybridized carbons (Fsp3) is 0.125. The Balaban J connectivity index is 2.45. The predicted octanol–water partition coefficient (Wildman–Crippen LogP) is 1.44. The monoisotopic (exact) mass is 161 g/mol. The van der Waals surface area contributed by atoms with Gasteiger partial charge in [0.1, 0.15) is 0 Å². The number of hydrogen-bond donors (Lipinski definition) is 0. The molecule has 4 nitrogen and oxygen atoms in total. The van der Waals surface area contributed by atoms with E-state index in [2.05, 4.69) is 15.0 Å². The van der Waals surface area contributed by atoms with Crippen molar-refractivity contribution in [2.75, 3.05) is 0 Å². The van der Waals surface area contributed by atoms with Crippen molar-refractivity contribution in [1.82, 2.24) is 15.0 Å². The molecule has 0 unspecified atom stereocenters. The normalized spacial score (nSPS) is 10.1. The van der Waals surface area contributed by atoms with Crippen LogP contribution in [0.4, 0.5) is 0 Å². The van der Waals surface area contributed by atoms with E-state index in [1.165, 1.54) is 0 Å². The van der Waals surface area contributed by atoms with Gasteiger partial charge in [0, 0.05) is 19.3 Å². The molecule has 0 radical (unpaired) electrons. The largest absolute Gasteiger partial charge is 0.438 e. The lowest BCUT2D eigenvalue weighted by molar-refractivity contribution is 0.530. The third kappa shape index (κ3) is 1.18. The summed E-state index contributed by atoms with van der Waals surface area (Å²) in [6, 6.07) is 1.76. The molecule has 0 aliphatic rings. The highest BCUT2D eigenvalue weighted by Gasteiger charge is 2.04. The molecule has 2 aromatic rings. The van der Waals surface area contributed by atoms with Gasteiger partial charge < -0.3 is 4.42 Å². The Morgan fingerprint density at radius 2 is 1.92 bits per heavy atom. The zero-order valence-corrected chi connectivity index (χ0v) is 6.56. The lowest BCUT2D eigenvalue weighted by Crippen LogP contribution is -1.83. The highest BCUT2D eigenvalue weighted by atomic mass is 16.4. The second kappa shape index (κ2) is 2.73. The third-order valence-corrected chi connectivity index (χ3v) is 1.41. The topological polar surface area (TPSA) is 51.8 Å². The molecule has 0 aliphatic heterocycles. The Morgan fingerprint density at radius 1 is 1.17 bits per heavy atom. The summed E-state index contributed by atoms with van der Waals surface area (Å²) in [5.74, 6) is 1.80. The van der Waals surface area contributed by atoms with E-state index in [0.717, 1.165) is 0 Å². The molecule has 2 heterocycles. The molecule has 0 saturated carbocycles. The van der Waals surface area contributed by atoms with Crippen LogP contribution in [0.15, 0.2) is 29.1 Å². The van der Waals surface area contributed by atoms with Gasteiger partial charge in [0.25, 0.3) is 0 Å². The SMILES string of the molecule is Cc1ncc(-c2ncccn2)o1. The van der Waals surface area contributed by atoms with Gasteiger partial charge in [0.15, 0.2) is 17.5 Å². The Morgan fingerprint density at radius 3 is 2.50 bits per heavy atom. The van der Waals surface area contributed by atoms with Crippen LogP contribution in [0.3, 0.4) is 0 Å². The van der Waals surface area contributed by atoms with Crippen molar-refractivity contribution in [3.05, 3.63) is 30.5 Å². The minimum atomic E-state index is 0.568. The van der Waals surface area contributed by atoms with Crippen molar-refractivity contribution >= 4 is 0 Å². The first-order valence-electron chi connectivity index (χ1n) is 3.56. The van der Waals surface area contributed by atoms with Crippen molar-refractivity contribution in [1.29, 1.82) is 0 Å². The molecular formula is C8H7N3O. The molecule has 2 rings (SSSR count). The molecule has 0 atom stereocenters. The van der Waals surface area contributed by atoms with Crippen molar-refractivity contribution in [2.24, 2.45) is 0 Å². The Kier molecular flexibility index (Phi) is 1.59. The van der Waals surface area contributed by atoms with E-state index in [9.17, 15) is 0 Å². The van der Waals surface area contributed by atoms with Gasteiger partial charge >= 0.3 is 0 Å². The molecule has 0 aliphatic carbocycles. The zero-order valence-electron chi connectivity index (χ0n) is 6.56. The molecule has 12 heavy (non-hydrogen) atoms. The minimum absolute atomic E-state index is 0.568. The van der Waals surface area contributed by atoms with Gasteiger partial charge in [0.05, 0.1) is 6.20 Å². The highest BCUT2D eigenvalue weighted by Crippen LogP contribution is 2.13. The maximum Gasteiger partial charge on any atom is 0.197 e. The van der Waals surface area contributed by atoms with Crippen LogP contribution in [-0.4, -0.2) is 15.0 Å². The van der Waals surface area contributed by atoms with Crippen molar-refractivity contribution in [3.8, 4) is 11.6 Å². The van der Waals surface area contributed by atoms with Crippen LogP contribution in [0.5, 0.6) is 0 Å². The molecule has 4 heteroatoms. The summed E-state index contributed by atoms with van der Waals surface area (Å²) >= 11 is 0. The average Bonchev–Trinajstić information content (AvgIpc) is 2.54. The van der Waals surface area contributed by atoms with Crippen LogP contribution in [0.25, 0.3) is 11.6 Å². The summed E-state index contributed by atoms with van der Waals surface area (Å²) < 4.78 is 5.23. The third-order valence-electron chi connectivity index (χ3n) is 1.41.